The fraction of sp³-hybridized carbons (Fsp3) is 0.235. The van der Waals surface area contributed by atoms with Crippen LogP contribution in [0.3, 0.4) is 0 Å². The predicted octanol–water partition coefficient (Wildman–Crippen LogP) is 3.27. The van der Waals surface area contributed by atoms with Crippen molar-refractivity contribution in [1.82, 2.24) is 9.55 Å². The van der Waals surface area contributed by atoms with Gasteiger partial charge in [-0.05, 0) is 24.3 Å². The number of hydrogen-bond acceptors (Lipinski definition) is 3. The maximum absolute atomic E-state index is 14.0. The van der Waals surface area contributed by atoms with Crippen LogP contribution >= 0.6 is 0 Å². The smallest absolute Gasteiger partial charge is 0.145 e. The van der Waals surface area contributed by atoms with E-state index in [0.717, 1.165) is 5.76 Å². The molecule has 0 bridgehead atoms. The Labute approximate surface area is 132 Å². The summed E-state index contributed by atoms with van der Waals surface area (Å²) in [5.41, 5.74) is -0.160. The topological polar surface area (TPSA) is 51.2 Å². The van der Waals surface area contributed by atoms with E-state index in [1.165, 1.54) is 24.4 Å². The molecule has 6 heteroatoms. The molecule has 3 rings (SSSR count). The van der Waals surface area contributed by atoms with Gasteiger partial charge in [0.05, 0.1) is 11.8 Å². The molecule has 1 atom stereocenters. The average molecular weight is 318 g/mol. The van der Waals surface area contributed by atoms with Crippen molar-refractivity contribution in [3.8, 4) is 11.4 Å². The standard InChI is InChI=1S/C17H16F2N2O2/c18-14-4-1-5-15(19)16(14)17-20-6-7-21(17)10-12(11-22)9-13-3-2-8-23-13/h1-8,12,22H,9-11H2/t12-/m0/s1. The number of aliphatic hydroxyl groups excluding tert-OH is 1. The van der Waals surface area contributed by atoms with Crippen LogP contribution in [0, 0.1) is 17.6 Å². The number of nitrogens with zero attached hydrogens (tertiary/aromatic N) is 2. The van der Waals surface area contributed by atoms with Gasteiger partial charge in [0.15, 0.2) is 0 Å². The number of aromatic nitrogens is 2. The molecule has 0 spiro atoms. The summed E-state index contributed by atoms with van der Waals surface area (Å²) < 4.78 is 34.8. The van der Waals surface area contributed by atoms with Crippen molar-refractivity contribution in [2.75, 3.05) is 6.61 Å². The molecule has 2 aromatic heterocycles. The van der Waals surface area contributed by atoms with E-state index in [1.54, 1.807) is 23.1 Å². The number of imidazole rings is 1. The summed E-state index contributed by atoms with van der Waals surface area (Å²) in [7, 11) is 0. The minimum Gasteiger partial charge on any atom is -0.469 e. The number of aliphatic hydroxyl groups is 1. The third-order valence-electron chi connectivity index (χ3n) is 3.68. The first-order chi connectivity index (χ1) is 11.2. The molecule has 3 aromatic rings. The van der Waals surface area contributed by atoms with Crippen LogP contribution in [0.4, 0.5) is 8.78 Å². The van der Waals surface area contributed by atoms with E-state index in [2.05, 4.69) is 4.98 Å². The molecule has 4 nitrogen and oxygen atoms in total. The second-order valence-corrected chi connectivity index (χ2v) is 5.33. The summed E-state index contributed by atoms with van der Waals surface area (Å²) >= 11 is 0. The molecular weight excluding hydrogens is 302 g/mol. The van der Waals surface area contributed by atoms with Gasteiger partial charge in [0.2, 0.25) is 0 Å². The van der Waals surface area contributed by atoms with E-state index < -0.39 is 11.6 Å². The number of hydrogen-bond donors (Lipinski definition) is 1. The third kappa shape index (κ3) is 3.32. The van der Waals surface area contributed by atoms with Gasteiger partial charge in [-0.1, -0.05) is 6.07 Å². The highest BCUT2D eigenvalue weighted by atomic mass is 19.1. The van der Waals surface area contributed by atoms with E-state index in [0.29, 0.717) is 13.0 Å². The van der Waals surface area contributed by atoms with E-state index in [9.17, 15) is 13.9 Å². The van der Waals surface area contributed by atoms with Crippen molar-refractivity contribution in [3.63, 3.8) is 0 Å². The normalized spacial score (nSPS) is 12.5. The Balaban J connectivity index is 1.86. The second-order valence-electron chi connectivity index (χ2n) is 5.33. The van der Waals surface area contributed by atoms with Gasteiger partial charge in [-0.15, -0.1) is 0 Å². The molecule has 0 radical (unpaired) electrons. The monoisotopic (exact) mass is 318 g/mol. The van der Waals surface area contributed by atoms with E-state index in [4.69, 9.17) is 4.42 Å². The van der Waals surface area contributed by atoms with E-state index in [-0.39, 0.29) is 23.9 Å². The van der Waals surface area contributed by atoms with Crippen molar-refractivity contribution in [2.24, 2.45) is 5.92 Å². The Bertz CT molecular complexity index is 749. The van der Waals surface area contributed by atoms with Crippen molar-refractivity contribution in [3.05, 3.63) is 66.4 Å². The lowest BCUT2D eigenvalue weighted by molar-refractivity contribution is 0.204. The number of benzene rings is 1. The zero-order valence-corrected chi connectivity index (χ0v) is 12.3. The molecular formula is C17H16F2N2O2. The molecule has 0 unspecified atom stereocenters. The molecule has 0 saturated carbocycles. The van der Waals surface area contributed by atoms with Gasteiger partial charge in [-0.2, -0.15) is 0 Å². The van der Waals surface area contributed by atoms with Crippen LogP contribution in [-0.4, -0.2) is 21.3 Å². The highest BCUT2D eigenvalue weighted by Gasteiger charge is 2.19. The largest absolute Gasteiger partial charge is 0.469 e. The Hall–Kier alpha value is -2.47. The van der Waals surface area contributed by atoms with Gasteiger partial charge >= 0.3 is 0 Å². The summed E-state index contributed by atoms with van der Waals surface area (Å²) in [4.78, 5) is 4.07. The molecule has 0 saturated heterocycles. The van der Waals surface area contributed by atoms with Crippen LogP contribution in [-0.2, 0) is 13.0 Å². The lowest BCUT2D eigenvalue weighted by Gasteiger charge is -2.16. The molecule has 0 fully saturated rings. The summed E-state index contributed by atoms with van der Waals surface area (Å²) in [6.07, 6.45) is 5.23. The molecule has 2 heterocycles. The first kappa shape index (κ1) is 15.4. The minimum atomic E-state index is -0.663. The summed E-state index contributed by atoms with van der Waals surface area (Å²) in [6, 6.07) is 7.32. The highest BCUT2D eigenvalue weighted by Crippen LogP contribution is 2.25. The molecule has 0 aliphatic carbocycles. The van der Waals surface area contributed by atoms with E-state index >= 15 is 0 Å². The van der Waals surface area contributed by atoms with Crippen LogP contribution in [0.25, 0.3) is 11.4 Å². The predicted molar refractivity (Wildman–Crippen MR) is 80.6 cm³/mol. The first-order valence-electron chi connectivity index (χ1n) is 7.27. The summed E-state index contributed by atoms with van der Waals surface area (Å²) in [5, 5.41) is 9.57. The molecule has 1 aromatic carbocycles. The van der Waals surface area contributed by atoms with Gasteiger partial charge in [-0.25, -0.2) is 13.8 Å². The van der Waals surface area contributed by atoms with Crippen LogP contribution in [0.15, 0.2) is 53.4 Å². The Morgan fingerprint density at radius 3 is 2.61 bits per heavy atom. The summed E-state index contributed by atoms with van der Waals surface area (Å²) in [6.45, 7) is 0.304. The zero-order valence-electron chi connectivity index (χ0n) is 12.3. The van der Waals surface area contributed by atoms with Gasteiger partial charge in [0.1, 0.15) is 23.2 Å². The fourth-order valence-electron chi connectivity index (χ4n) is 2.57. The lowest BCUT2D eigenvalue weighted by atomic mass is 10.0. The van der Waals surface area contributed by atoms with Gasteiger partial charge in [-0.3, -0.25) is 0 Å². The molecule has 0 aliphatic rings. The van der Waals surface area contributed by atoms with Crippen molar-refractivity contribution in [1.29, 1.82) is 0 Å². The van der Waals surface area contributed by atoms with Crippen LogP contribution in [0.2, 0.25) is 0 Å². The number of halogens is 2. The minimum absolute atomic E-state index is 0.0714. The lowest BCUT2D eigenvalue weighted by Crippen LogP contribution is -2.17. The number of rotatable bonds is 6. The first-order valence-corrected chi connectivity index (χ1v) is 7.27. The number of furan rings is 1. The Morgan fingerprint density at radius 2 is 1.96 bits per heavy atom. The van der Waals surface area contributed by atoms with Crippen molar-refractivity contribution >= 4 is 0 Å². The third-order valence-corrected chi connectivity index (χ3v) is 3.68. The van der Waals surface area contributed by atoms with Crippen molar-refractivity contribution in [2.45, 2.75) is 13.0 Å². The van der Waals surface area contributed by atoms with Crippen molar-refractivity contribution < 1.29 is 18.3 Å². The van der Waals surface area contributed by atoms with Gasteiger partial charge in [0, 0.05) is 37.9 Å². The molecule has 0 amide bonds. The maximum atomic E-state index is 14.0. The fourth-order valence-corrected chi connectivity index (χ4v) is 2.57. The average Bonchev–Trinajstić information content (AvgIpc) is 3.19. The van der Waals surface area contributed by atoms with E-state index in [1.807, 2.05) is 6.07 Å². The summed E-state index contributed by atoms with van der Waals surface area (Å²) in [5.74, 6) is -0.515. The molecule has 23 heavy (non-hydrogen) atoms. The highest BCUT2D eigenvalue weighted by molar-refractivity contribution is 5.57. The quantitative estimate of drug-likeness (QED) is 0.759. The maximum Gasteiger partial charge on any atom is 0.145 e. The van der Waals surface area contributed by atoms with Gasteiger partial charge < -0.3 is 14.1 Å². The second kappa shape index (κ2) is 6.75. The Kier molecular flexibility index (Phi) is 4.52. The Morgan fingerprint density at radius 1 is 1.17 bits per heavy atom. The molecule has 1 N–H and O–H groups in total. The van der Waals surface area contributed by atoms with Gasteiger partial charge in [0.25, 0.3) is 0 Å². The SMILES string of the molecule is OC[C@@H](Cc1ccco1)Cn1ccnc1-c1c(F)cccc1F. The zero-order chi connectivity index (χ0) is 16.2. The van der Waals surface area contributed by atoms with Crippen LogP contribution < -0.4 is 0 Å². The van der Waals surface area contributed by atoms with Crippen LogP contribution in [0.5, 0.6) is 0 Å². The van der Waals surface area contributed by atoms with Crippen LogP contribution in [0.1, 0.15) is 5.76 Å². The molecule has 120 valence electrons. The molecule has 0 aliphatic heterocycles.